The van der Waals surface area contributed by atoms with Crippen LogP contribution in [0.1, 0.15) is 57.5 Å². The van der Waals surface area contributed by atoms with E-state index in [-0.39, 0.29) is 36.0 Å². The lowest BCUT2D eigenvalue weighted by Crippen LogP contribution is -2.53. The molecule has 1 aliphatic heterocycles. The van der Waals surface area contributed by atoms with E-state index in [4.69, 9.17) is 0 Å². The molecule has 0 fully saturated rings. The van der Waals surface area contributed by atoms with Gasteiger partial charge in [-0.1, -0.05) is 43.7 Å². The van der Waals surface area contributed by atoms with Gasteiger partial charge in [0.2, 0.25) is 5.91 Å². The van der Waals surface area contributed by atoms with Gasteiger partial charge in [-0.3, -0.25) is 4.79 Å². The average molecular weight is 425 g/mol. The van der Waals surface area contributed by atoms with Crippen LogP contribution in [0.25, 0.3) is 0 Å². The number of aryl methyl sites for hydroxylation is 1. The van der Waals surface area contributed by atoms with E-state index >= 15 is 0 Å². The first-order valence-corrected chi connectivity index (χ1v) is 11.1. The van der Waals surface area contributed by atoms with Crippen molar-refractivity contribution in [3.8, 4) is 0 Å². The first-order chi connectivity index (χ1) is 14.5. The molecule has 1 aromatic carbocycles. The van der Waals surface area contributed by atoms with Gasteiger partial charge >= 0.3 is 6.03 Å². The Balaban J connectivity index is 1.86. The predicted molar refractivity (Wildman–Crippen MR) is 124 cm³/mol. The summed E-state index contributed by atoms with van der Waals surface area (Å²) < 4.78 is 2.21. The number of carbonyl (C=O) groups is 2. The van der Waals surface area contributed by atoms with Crippen LogP contribution >= 0.6 is 0 Å². The molecule has 6 heteroatoms. The Morgan fingerprint density at radius 3 is 2.42 bits per heavy atom. The molecular formula is C25H36N4O2. The van der Waals surface area contributed by atoms with E-state index in [1.165, 1.54) is 5.56 Å². The van der Waals surface area contributed by atoms with E-state index in [0.29, 0.717) is 13.1 Å². The van der Waals surface area contributed by atoms with Crippen LogP contribution in [-0.2, 0) is 11.3 Å². The fraction of sp³-hybridized carbons (Fsp3) is 0.520. The third kappa shape index (κ3) is 5.69. The van der Waals surface area contributed by atoms with Crippen LogP contribution in [0, 0.1) is 12.8 Å². The molecule has 1 N–H and O–H groups in total. The summed E-state index contributed by atoms with van der Waals surface area (Å²) in [7, 11) is 0. The Hall–Kier alpha value is -2.76. The Labute approximate surface area is 186 Å². The van der Waals surface area contributed by atoms with E-state index in [2.05, 4.69) is 67.2 Å². The molecule has 3 rings (SSSR count). The Bertz CT molecular complexity index is 908. The van der Waals surface area contributed by atoms with Crippen LogP contribution in [0.2, 0.25) is 0 Å². The normalized spacial score (nSPS) is 16.2. The second-order valence-electron chi connectivity index (χ2n) is 9.98. The van der Waals surface area contributed by atoms with Gasteiger partial charge in [0.15, 0.2) is 0 Å². The van der Waals surface area contributed by atoms with Gasteiger partial charge in [0.05, 0.1) is 6.04 Å². The second-order valence-corrected chi connectivity index (χ2v) is 9.98. The summed E-state index contributed by atoms with van der Waals surface area (Å²) in [4.78, 5) is 30.0. The monoisotopic (exact) mass is 424 g/mol. The minimum Gasteiger partial charge on any atom is -0.348 e. The molecule has 6 nitrogen and oxygen atoms in total. The number of nitrogens with one attached hydrogen (secondary N) is 1. The number of hydrogen-bond donors (Lipinski definition) is 1. The first kappa shape index (κ1) is 22.9. The molecule has 0 spiro atoms. The van der Waals surface area contributed by atoms with Crippen LogP contribution in [0.15, 0.2) is 42.6 Å². The number of urea groups is 1. The molecule has 1 aliphatic rings. The van der Waals surface area contributed by atoms with Crippen molar-refractivity contribution >= 4 is 11.9 Å². The number of aromatic nitrogens is 1. The smallest absolute Gasteiger partial charge is 0.318 e. The maximum absolute atomic E-state index is 13.5. The van der Waals surface area contributed by atoms with Crippen molar-refractivity contribution in [2.45, 2.75) is 59.7 Å². The van der Waals surface area contributed by atoms with E-state index in [0.717, 1.165) is 17.8 Å². The van der Waals surface area contributed by atoms with Gasteiger partial charge in [-0.05, 0) is 51.3 Å². The van der Waals surface area contributed by atoms with Crippen molar-refractivity contribution in [1.82, 2.24) is 19.7 Å². The van der Waals surface area contributed by atoms with Gasteiger partial charge in [0.25, 0.3) is 0 Å². The summed E-state index contributed by atoms with van der Waals surface area (Å²) in [6, 6.07) is 12.1. The van der Waals surface area contributed by atoms with Gasteiger partial charge < -0.3 is 19.7 Å². The minimum atomic E-state index is -0.355. The summed E-state index contributed by atoms with van der Waals surface area (Å²) in [6.07, 6.45) is 2.07. The Morgan fingerprint density at radius 1 is 1.13 bits per heavy atom. The molecule has 1 atom stereocenters. The quantitative estimate of drug-likeness (QED) is 0.782. The Morgan fingerprint density at radius 2 is 1.81 bits per heavy atom. The highest BCUT2D eigenvalue weighted by atomic mass is 16.2. The lowest BCUT2D eigenvalue weighted by Gasteiger charge is -2.39. The molecule has 31 heavy (non-hydrogen) atoms. The van der Waals surface area contributed by atoms with Crippen LogP contribution in [0.3, 0.4) is 0 Å². The van der Waals surface area contributed by atoms with Crippen molar-refractivity contribution in [2.75, 3.05) is 19.6 Å². The number of carbonyl (C=O) groups excluding carboxylic acids is 2. The first-order valence-electron chi connectivity index (χ1n) is 11.1. The zero-order valence-electron chi connectivity index (χ0n) is 19.7. The number of nitrogens with zero attached hydrogens (tertiary/aromatic N) is 3. The van der Waals surface area contributed by atoms with Crippen LogP contribution in [-0.4, -0.2) is 51.5 Å². The average Bonchev–Trinajstić information content (AvgIpc) is 3.14. The number of amides is 3. The van der Waals surface area contributed by atoms with Crippen molar-refractivity contribution in [1.29, 1.82) is 0 Å². The summed E-state index contributed by atoms with van der Waals surface area (Å²) in [5.74, 6) is 0.243. The molecule has 0 radical (unpaired) electrons. The molecule has 0 bridgehead atoms. The molecule has 1 aromatic heterocycles. The van der Waals surface area contributed by atoms with E-state index in [1.807, 2.05) is 31.7 Å². The molecular weight excluding hydrogens is 388 g/mol. The zero-order chi connectivity index (χ0) is 22.8. The molecule has 0 unspecified atom stereocenters. The lowest BCUT2D eigenvalue weighted by molar-refractivity contribution is -0.134. The topological polar surface area (TPSA) is 57.6 Å². The summed E-state index contributed by atoms with van der Waals surface area (Å²) in [5, 5.41) is 3.01. The van der Waals surface area contributed by atoms with E-state index in [9.17, 15) is 9.59 Å². The fourth-order valence-electron chi connectivity index (χ4n) is 4.07. The molecule has 168 valence electrons. The number of fused-ring (bicyclic) bond motifs is 1. The summed E-state index contributed by atoms with van der Waals surface area (Å²) in [6.45, 7) is 14.0. The largest absolute Gasteiger partial charge is 0.348 e. The number of benzene rings is 1. The molecule has 3 amide bonds. The van der Waals surface area contributed by atoms with Gasteiger partial charge in [0, 0.05) is 37.1 Å². The number of rotatable bonds is 5. The summed E-state index contributed by atoms with van der Waals surface area (Å²) in [5.41, 5.74) is 3.03. The maximum Gasteiger partial charge on any atom is 0.318 e. The van der Waals surface area contributed by atoms with Crippen molar-refractivity contribution in [3.05, 3.63) is 59.4 Å². The molecule has 0 saturated heterocycles. The maximum atomic E-state index is 13.5. The Kier molecular flexibility index (Phi) is 6.77. The van der Waals surface area contributed by atoms with Gasteiger partial charge in [0.1, 0.15) is 6.54 Å². The zero-order valence-corrected chi connectivity index (χ0v) is 19.7. The molecule has 0 saturated carbocycles. The third-order valence-corrected chi connectivity index (χ3v) is 5.43. The van der Waals surface area contributed by atoms with Gasteiger partial charge in [-0.25, -0.2) is 4.79 Å². The predicted octanol–water partition coefficient (Wildman–Crippen LogP) is 4.19. The SMILES string of the molecule is Cc1ccc([C@H]2c3cccn3CCN2C(=O)CN(CC(C)C)C(=O)NC(C)(C)C)cc1. The van der Waals surface area contributed by atoms with Gasteiger partial charge in [-0.15, -0.1) is 0 Å². The van der Waals surface area contributed by atoms with Crippen LogP contribution < -0.4 is 5.32 Å². The highest BCUT2D eigenvalue weighted by Crippen LogP contribution is 2.32. The standard InChI is InChI=1S/C25H36N4O2/c1-18(2)16-28(24(31)26-25(4,5)6)17-22(30)29-15-14-27-13-7-8-21(27)23(29)20-11-9-19(3)10-12-20/h7-13,18,23H,14-17H2,1-6H3,(H,26,31)/t23-/m0/s1. The van der Waals surface area contributed by atoms with Gasteiger partial charge in [-0.2, -0.15) is 0 Å². The van der Waals surface area contributed by atoms with E-state index in [1.54, 1.807) is 4.90 Å². The lowest BCUT2D eigenvalue weighted by atomic mass is 9.98. The summed E-state index contributed by atoms with van der Waals surface area (Å²) >= 11 is 0. The minimum absolute atomic E-state index is 0.0252. The van der Waals surface area contributed by atoms with Crippen molar-refractivity contribution < 1.29 is 9.59 Å². The number of hydrogen-bond acceptors (Lipinski definition) is 2. The highest BCUT2D eigenvalue weighted by molar-refractivity contribution is 5.85. The highest BCUT2D eigenvalue weighted by Gasteiger charge is 2.33. The molecule has 0 aliphatic carbocycles. The molecule has 2 aromatic rings. The van der Waals surface area contributed by atoms with E-state index < -0.39 is 0 Å². The van der Waals surface area contributed by atoms with Crippen molar-refractivity contribution in [3.63, 3.8) is 0 Å². The fourth-order valence-corrected chi connectivity index (χ4v) is 4.07. The molecule has 2 heterocycles. The van der Waals surface area contributed by atoms with Crippen LogP contribution in [0.5, 0.6) is 0 Å². The van der Waals surface area contributed by atoms with Crippen LogP contribution in [0.4, 0.5) is 4.79 Å². The second kappa shape index (κ2) is 9.16. The third-order valence-electron chi connectivity index (χ3n) is 5.43. The van der Waals surface area contributed by atoms with Crippen molar-refractivity contribution in [2.24, 2.45) is 5.92 Å².